The maximum atomic E-state index is 12.0. The molecule has 110 valence electrons. The third-order valence-corrected chi connectivity index (χ3v) is 4.20. The predicted octanol–water partition coefficient (Wildman–Crippen LogP) is 2.09. The summed E-state index contributed by atoms with van der Waals surface area (Å²) < 4.78 is 0. The van der Waals surface area contributed by atoms with Gasteiger partial charge in [0.25, 0.3) is 0 Å². The minimum atomic E-state index is -0.964. The number of nitrogens with one attached hydrogen (secondary N) is 1. The van der Waals surface area contributed by atoms with Gasteiger partial charge in [0.05, 0.1) is 0 Å². The van der Waals surface area contributed by atoms with Crippen LogP contribution in [-0.2, 0) is 4.79 Å². The Morgan fingerprint density at radius 3 is 2.74 bits per heavy atom. The molecule has 1 saturated carbocycles. The van der Waals surface area contributed by atoms with Crippen molar-refractivity contribution >= 4 is 11.7 Å². The van der Waals surface area contributed by atoms with Gasteiger partial charge in [0.15, 0.2) is 5.84 Å². The molecule has 0 spiro atoms. The number of rotatable bonds is 5. The molecule has 1 aliphatic carbocycles. The highest BCUT2D eigenvalue weighted by Gasteiger charge is 2.32. The number of carbonyl (C=O) groups is 1. The van der Waals surface area contributed by atoms with Gasteiger partial charge in [0.1, 0.15) is 5.41 Å². The molecule has 0 aliphatic heterocycles. The molecule has 5 heteroatoms. The summed E-state index contributed by atoms with van der Waals surface area (Å²) in [7, 11) is 0. The van der Waals surface area contributed by atoms with Gasteiger partial charge in [-0.3, -0.25) is 4.79 Å². The highest BCUT2D eigenvalue weighted by molar-refractivity contribution is 6.05. The molecular formula is C14H27N3O2. The van der Waals surface area contributed by atoms with Gasteiger partial charge < -0.3 is 16.3 Å². The standard InChI is InChI=1S/C14H27N3O2/c1-10-5-4-6-11(9-10)7-8-16-13(18)14(2,3)12(15)17-19/h10-11,19H,4-9H2,1-3H3,(H2,15,17)(H,16,18). The van der Waals surface area contributed by atoms with E-state index in [0.717, 1.165) is 18.3 Å². The first-order valence-corrected chi connectivity index (χ1v) is 7.14. The number of nitrogens with two attached hydrogens (primary N) is 1. The molecule has 19 heavy (non-hydrogen) atoms. The second kappa shape index (κ2) is 6.78. The van der Waals surface area contributed by atoms with Crippen LogP contribution in [0.4, 0.5) is 0 Å². The molecule has 2 unspecified atom stereocenters. The van der Waals surface area contributed by atoms with Gasteiger partial charge in [-0.05, 0) is 38.5 Å². The Balaban J connectivity index is 2.34. The molecule has 0 radical (unpaired) electrons. The van der Waals surface area contributed by atoms with E-state index in [4.69, 9.17) is 10.9 Å². The smallest absolute Gasteiger partial charge is 0.233 e. The maximum Gasteiger partial charge on any atom is 0.233 e. The van der Waals surface area contributed by atoms with Crippen molar-refractivity contribution in [1.29, 1.82) is 0 Å². The molecule has 0 aromatic rings. The first-order chi connectivity index (χ1) is 8.87. The van der Waals surface area contributed by atoms with E-state index in [1.165, 1.54) is 25.7 Å². The van der Waals surface area contributed by atoms with Crippen molar-refractivity contribution in [1.82, 2.24) is 5.32 Å². The molecule has 0 bridgehead atoms. The molecule has 1 rings (SSSR count). The number of amides is 1. The van der Waals surface area contributed by atoms with Crippen LogP contribution < -0.4 is 11.1 Å². The average Bonchev–Trinajstić information content (AvgIpc) is 2.37. The van der Waals surface area contributed by atoms with Gasteiger partial charge in [0.2, 0.25) is 5.91 Å². The lowest BCUT2D eigenvalue weighted by atomic mass is 9.81. The van der Waals surface area contributed by atoms with Crippen molar-refractivity contribution in [3.05, 3.63) is 0 Å². The molecule has 5 nitrogen and oxygen atoms in total. The number of oxime groups is 1. The van der Waals surface area contributed by atoms with E-state index in [9.17, 15) is 4.79 Å². The van der Waals surface area contributed by atoms with Gasteiger partial charge >= 0.3 is 0 Å². The lowest BCUT2D eigenvalue weighted by Gasteiger charge is -2.27. The lowest BCUT2D eigenvalue weighted by Crippen LogP contribution is -2.46. The molecule has 1 fully saturated rings. The zero-order valence-electron chi connectivity index (χ0n) is 12.3. The topological polar surface area (TPSA) is 87.7 Å². The summed E-state index contributed by atoms with van der Waals surface area (Å²) in [6.07, 6.45) is 6.18. The fraction of sp³-hybridized carbons (Fsp3) is 0.857. The van der Waals surface area contributed by atoms with Crippen LogP contribution in [0.25, 0.3) is 0 Å². The van der Waals surface area contributed by atoms with Crippen LogP contribution in [0, 0.1) is 17.3 Å². The third-order valence-electron chi connectivity index (χ3n) is 4.20. The van der Waals surface area contributed by atoms with E-state index in [2.05, 4.69) is 17.4 Å². The summed E-state index contributed by atoms with van der Waals surface area (Å²) >= 11 is 0. The van der Waals surface area contributed by atoms with Crippen LogP contribution >= 0.6 is 0 Å². The number of nitrogens with zero attached hydrogens (tertiary/aromatic N) is 1. The molecule has 2 atom stereocenters. The molecular weight excluding hydrogens is 242 g/mol. The first kappa shape index (κ1) is 15.8. The lowest BCUT2D eigenvalue weighted by molar-refractivity contribution is -0.126. The summed E-state index contributed by atoms with van der Waals surface area (Å²) in [4.78, 5) is 12.0. The average molecular weight is 269 g/mol. The van der Waals surface area contributed by atoms with E-state index < -0.39 is 5.41 Å². The van der Waals surface area contributed by atoms with E-state index in [1.54, 1.807) is 13.8 Å². The second-order valence-corrected chi connectivity index (χ2v) is 6.29. The van der Waals surface area contributed by atoms with Gasteiger partial charge in [-0.25, -0.2) is 0 Å². The van der Waals surface area contributed by atoms with Crippen molar-refractivity contribution in [2.24, 2.45) is 28.1 Å². The Labute approximate surface area is 115 Å². The van der Waals surface area contributed by atoms with Crippen LogP contribution in [0.5, 0.6) is 0 Å². The summed E-state index contributed by atoms with van der Waals surface area (Å²) in [5, 5.41) is 14.5. The summed E-state index contributed by atoms with van der Waals surface area (Å²) in [5.41, 5.74) is 4.56. The van der Waals surface area contributed by atoms with E-state index in [-0.39, 0.29) is 11.7 Å². The van der Waals surface area contributed by atoms with Gasteiger partial charge in [-0.15, -0.1) is 0 Å². The van der Waals surface area contributed by atoms with Crippen LogP contribution in [0.1, 0.15) is 52.9 Å². The van der Waals surface area contributed by atoms with Gasteiger partial charge in [-0.1, -0.05) is 31.3 Å². The first-order valence-electron chi connectivity index (χ1n) is 7.14. The Bertz CT molecular complexity index is 340. The number of amidine groups is 1. The zero-order chi connectivity index (χ0) is 14.5. The fourth-order valence-electron chi connectivity index (χ4n) is 2.67. The highest BCUT2D eigenvalue weighted by Crippen LogP contribution is 2.30. The van der Waals surface area contributed by atoms with Crippen LogP contribution in [0.15, 0.2) is 5.16 Å². The molecule has 0 saturated heterocycles. The Morgan fingerprint density at radius 1 is 1.47 bits per heavy atom. The van der Waals surface area contributed by atoms with Crippen molar-refractivity contribution in [3.8, 4) is 0 Å². The molecule has 0 aromatic heterocycles. The molecule has 0 aromatic carbocycles. The van der Waals surface area contributed by atoms with Gasteiger partial charge in [-0.2, -0.15) is 0 Å². The fourth-order valence-corrected chi connectivity index (χ4v) is 2.67. The minimum absolute atomic E-state index is 0.0590. The Kier molecular flexibility index (Phi) is 5.63. The summed E-state index contributed by atoms with van der Waals surface area (Å²) in [5.74, 6) is 1.28. The molecule has 0 heterocycles. The second-order valence-electron chi connectivity index (χ2n) is 6.29. The SMILES string of the molecule is CC1CCCC(CCNC(=O)C(C)(C)C(N)=NO)C1. The summed E-state index contributed by atoms with van der Waals surface area (Å²) in [6.45, 7) is 6.27. The monoisotopic (exact) mass is 269 g/mol. The predicted molar refractivity (Wildman–Crippen MR) is 75.9 cm³/mol. The quantitative estimate of drug-likeness (QED) is 0.309. The molecule has 1 aliphatic rings. The van der Waals surface area contributed by atoms with Crippen LogP contribution in [-0.4, -0.2) is 23.5 Å². The summed E-state index contributed by atoms with van der Waals surface area (Å²) in [6, 6.07) is 0. The van der Waals surface area contributed by atoms with E-state index >= 15 is 0 Å². The van der Waals surface area contributed by atoms with Crippen molar-refractivity contribution in [2.45, 2.75) is 52.9 Å². The van der Waals surface area contributed by atoms with E-state index in [0.29, 0.717) is 6.54 Å². The largest absolute Gasteiger partial charge is 0.409 e. The van der Waals surface area contributed by atoms with Crippen molar-refractivity contribution < 1.29 is 10.0 Å². The van der Waals surface area contributed by atoms with Gasteiger partial charge in [0, 0.05) is 6.54 Å². The minimum Gasteiger partial charge on any atom is -0.409 e. The number of carbonyl (C=O) groups excluding carboxylic acids is 1. The number of hydrogen-bond acceptors (Lipinski definition) is 3. The van der Waals surface area contributed by atoms with Crippen LogP contribution in [0.2, 0.25) is 0 Å². The van der Waals surface area contributed by atoms with Crippen molar-refractivity contribution in [3.63, 3.8) is 0 Å². The Morgan fingerprint density at radius 2 is 2.16 bits per heavy atom. The third kappa shape index (κ3) is 4.40. The molecule has 4 N–H and O–H groups in total. The van der Waals surface area contributed by atoms with Crippen molar-refractivity contribution in [2.75, 3.05) is 6.54 Å². The molecule has 1 amide bonds. The normalized spacial score (nSPS) is 25.1. The van der Waals surface area contributed by atoms with E-state index in [1.807, 2.05) is 0 Å². The number of hydrogen-bond donors (Lipinski definition) is 3. The zero-order valence-corrected chi connectivity index (χ0v) is 12.3. The highest BCUT2D eigenvalue weighted by atomic mass is 16.4. The maximum absolute atomic E-state index is 12.0. The Hall–Kier alpha value is -1.26. The van der Waals surface area contributed by atoms with Crippen LogP contribution in [0.3, 0.4) is 0 Å².